The van der Waals surface area contributed by atoms with Crippen molar-refractivity contribution < 1.29 is 19.3 Å². The minimum Gasteiger partial charge on any atom is -0.508 e. The fourth-order valence-electron chi connectivity index (χ4n) is 4.91. The van der Waals surface area contributed by atoms with Gasteiger partial charge in [-0.2, -0.15) is 0 Å². The lowest BCUT2D eigenvalue weighted by Gasteiger charge is -2.33. The summed E-state index contributed by atoms with van der Waals surface area (Å²) < 4.78 is 19.7. The molecular weight excluding hydrogens is 465 g/mol. The molecule has 0 radical (unpaired) electrons. The third-order valence-corrected chi connectivity index (χ3v) is 6.85. The number of phenolic OH excluding ortho intramolecular Hbond substituents is 1. The molecule has 5 heteroatoms. The predicted octanol–water partition coefficient (Wildman–Crippen LogP) is 6.69. The number of aryl methyl sites for hydroxylation is 3. The van der Waals surface area contributed by atoms with Crippen molar-refractivity contribution in [1.29, 1.82) is 0 Å². The molecule has 3 rings (SSSR count). The van der Waals surface area contributed by atoms with Crippen LogP contribution in [0.2, 0.25) is 0 Å². The van der Waals surface area contributed by atoms with Crippen molar-refractivity contribution in [3.8, 4) is 11.5 Å². The van der Waals surface area contributed by atoms with Crippen LogP contribution in [0.1, 0.15) is 55.7 Å². The van der Waals surface area contributed by atoms with Crippen LogP contribution in [-0.2, 0) is 12.8 Å². The van der Waals surface area contributed by atoms with Crippen molar-refractivity contribution in [3.05, 3.63) is 95.4 Å². The quantitative estimate of drug-likeness (QED) is 0.221. The van der Waals surface area contributed by atoms with E-state index in [2.05, 4.69) is 49.6 Å². The first kappa shape index (κ1) is 28.7. The van der Waals surface area contributed by atoms with Gasteiger partial charge >= 0.3 is 0 Å². The van der Waals surface area contributed by atoms with Crippen molar-refractivity contribution in [2.75, 3.05) is 19.6 Å². The lowest BCUT2D eigenvalue weighted by atomic mass is 9.97. The minimum atomic E-state index is -0.593. The third-order valence-electron chi connectivity index (χ3n) is 6.85. The van der Waals surface area contributed by atoms with Crippen LogP contribution in [0, 0.1) is 12.7 Å². The van der Waals surface area contributed by atoms with Crippen molar-refractivity contribution in [3.63, 3.8) is 0 Å². The fourth-order valence-corrected chi connectivity index (χ4v) is 4.91. The summed E-state index contributed by atoms with van der Waals surface area (Å²) in [5.74, 6) is 0.714. The number of ether oxygens (including phenoxy) is 1. The molecular formula is C32H42FNO3. The van der Waals surface area contributed by atoms with Crippen molar-refractivity contribution in [2.45, 2.75) is 71.0 Å². The van der Waals surface area contributed by atoms with Gasteiger partial charge in [-0.1, -0.05) is 61.9 Å². The predicted molar refractivity (Wildman–Crippen MR) is 150 cm³/mol. The highest BCUT2D eigenvalue weighted by molar-refractivity contribution is 5.38. The summed E-state index contributed by atoms with van der Waals surface area (Å²) >= 11 is 0. The Hall–Kier alpha value is -2.89. The topological polar surface area (TPSA) is 52.9 Å². The van der Waals surface area contributed by atoms with Crippen LogP contribution in [0.3, 0.4) is 0 Å². The molecule has 0 saturated carbocycles. The van der Waals surface area contributed by atoms with Gasteiger partial charge in [0.25, 0.3) is 0 Å². The molecule has 0 amide bonds. The normalized spacial score (nSPS) is 16.6. The number of fused-ring (bicyclic) bond motifs is 1. The molecule has 0 saturated heterocycles. The van der Waals surface area contributed by atoms with Gasteiger partial charge in [-0.05, 0) is 93.0 Å². The molecule has 0 spiro atoms. The summed E-state index contributed by atoms with van der Waals surface area (Å²) in [4.78, 5) is 2.30. The molecule has 1 heterocycles. The number of aromatic hydroxyl groups is 1. The first-order valence-electron chi connectivity index (χ1n) is 13.5. The number of hydrogen-bond acceptors (Lipinski definition) is 4. The number of aliphatic hydroxyl groups excluding tert-OH is 1. The standard InChI is InChI=1S/C32H42FNO3/c1-4-6-11-25(10-5-2)22-34(19-9-7-8-12-26-21-28(33)15-16-29(26)35)23-30(36)32-18-14-27-20-24(3)13-17-31(27)37-32/h4,6,10-11,13,15-17,20-21,30,32,35-36H,1,5,7-9,12,14,18-19,22-23H2,2-3H3/b11-6-,25-10+. The number of rotatable bonds is 14. The number of phenols is 1. The van der Waals surface area contributed by atoms with Crippen LogP contribution in [-0.4, -0.2) is 47.0 Å². The van der Waals surface area contributed by atoms with E-state index in [1.54, 1.807) is 6.08 Å². The number of unbranched alkanes of at least 4 members (excludes halogenated alkanes) is 2. The van der Waals surface area contributed by atoms with Crippen LogP contribution in [0.15, 0.2) is 72.9 Å². The van der Waals surface area contributed by atoms with Gasteiger partial charge < -0.3 is 14.9 Å². The zero-order valence-electron chi connectivity index (χ0n) is 22.3. The van der Waals surface area contributed by atoms with Crippen molar-refractivity contribution >= 4 is 0 Å². The highest BCUT2D eigenvalue weighted by Gasteiger charge is 2.28. The second-order valence-corrected chi connectivity index (χ2v) is 9.97. The van der Waals surface area contributed by atoms with Crippen molar-refractivity contribution in [2.24, 2.45) is 0 Å². The van der Waals surface area contributed by atoms with Gasteiger partial charge in [0, 0.05) is 13.1 Å². The maximum absolute atomic E-state index is 13.5. The maximum Gasteiger partial charge on any atom is 0.126 e. The molecule has 4 nitrogen and oxygen atoms in total. The van der Waals surface area contributed by atoms with E-state index in [1.165, 1.54) is 34.9 Å². The average Bonchev–Trinajstić information content (AvgIpc) is 2.88. The number of nitrogens with zero attached hydrogens (tertiary/aromatic N) is 1. The van der Waals surface area contributed by atoms with Gasteiger partial charge in [0.2, 0.25) is 0 Å². The first-order valence-corrected chi connectivity index (χ1v) is 13.5. The van der Waals surface area contributed by atoms with E-state index in [0.717, 1.165) is 57.4 Å². The summed E-state index contributed by atoms with van der Waals surface area (Å²) in [6.45, 7) is 10.1. The molecule has 0 aliphatic carbocycles. The minimum absolute atomic E-state index is 0.152. The molecule has 1 aliphatic heterocycles. The Morgan fingerprint density at radius 2 is 2.05 bits per heavy atom. The van der Waals surface area contributed by atoms with Crippen LogP contribution in [0.25, 0.3) is 0 Å². The second-order valence-electron chi connectivity index (χ2n) is 9.97. The number of benzene rings is 2. The van der Waals surface area contributed by atoms with E-state index in [9.17, 15) is 14.6 Å². The van der Waals surface area contributed by atoms with E-state index in [0.29, 0.717) is 18.5 Å². The molecule has 2 atom stereocenters. The van der Waals surface area contributed by atoms with Gasteiger partial charge in [-0.25, -0.2) is 4.39 Å². The number of aliphatic hydroxyl groups is 1. The highest BCUT2D eigenvalue weighted by Crippen LogP contribution is 2.30. The molecule has 2 aromatic carbocycles. The lowest BCUT2D eigenvalue weighted by Crippen LogP contribution is -2.44. The first-order chi connectivity index (χ1) is 17.9. The van der Waals surface area contributed by atoms with Crippen molar-refractivity contribution in [1.82, 2.24) is 4.90 Å². The van der Waals surface area contributed by atoms with Crippen LogP contribution < -0.4 is 4.74 Å². The molecule has 2 aromatic rings. The maximum atomic E-state index is 13.5. The van der Waals surface area contributed by atoms with Gasteiger partial charge in [0.15, 0.2) is 0 Å². The number of hydrogen-bond donors (Lipinski definition) is 2. The Morgan fingerprint density at radius 3 is 2.84 bits per heavy atom. The molecule has 0 aromatic heterocycles. The van der Waals surface area contributed by atoms with Gasteiger partial charge in [0.1, 0.15) is 29.5 Å². The molecule has 0 bridgehead atoms. The summed E-state index contributed by atoms with van der Waals surface area (Å²) in [6, 6.07) is 10.3. The average molecular weight is 508 g/mol. The van der Waals surface area contributed by atoms with E-state index in [4.69, 9.17) is 4.74 Å². The smallest absolute Gasteiger partial charge is 0.126 e. The van der Waals surface area contributed by atoms with Crippen LogP contribution >= 0.6 is 0 Å². The highest BCUT2D eigenvalue weighted by atomic mass is 19.1. The number of allylic oxidation sites excluding steroid dienone is 3. The lowest BCUT2D eigenvalue weighted by molar-refractivity contribution is 0.00322. The summed E-state index contributed by atoms with van der Waals surface area (Å²) in [5.41, 5.74) is 4.29. The van der Waals surface area contributed by atoms with E-state index in [1.807, 2.05) is 12.1 Å². The molecule has 0 fully saturated rings. The van der Waals surface area contributed by atoms with E-state index >= 15 is 0 Å². The molecule has 2 unspecified atom stereocenters. The molecule has 1 aliphatic rings. The fraction of sp³-hybridized carbons (Fsp3) is 0.438. The van der Waals surface area contributed by atoms with E-state index in [-0.39, 0.29) is 17.7 Å². The Labute approximate surface area is 221 Å². The van der Waals surface area contributed by atoms with Crippen LogP contribution in [0.5, 0.6) is 11.5 Å². The Morgan fingerprint density at radius 1 is 1.22 bits per heavy atom. The number of halogens is 1. The van der Waals surface area contributed by atoms with Gasteiger partial charge in [-0.15, -0.1) is 0 Å². The summed E-state index contributed by atoms with van der Waals surface area (Å²) in [6.07, 6.45) is 13.3. The van der Waals surface area contributed by atoms with Gasteiger partial charge in [-0.3, -0.25) is 4.90 Å². The molecule has 37 heavy (non-hydrogen) atoms. The monoisotopic (exact) mass is 507 g/mol. The van der Waals surface area contributed by atoms with Crippen LogP contribution in [0.4, 0.5) is 4.39 Å². The zero-order valence-corrected chi connectivity index (χ0v) is 22.3. The Kier molecular flexibility index (Phi) is 11.4. The molecule has 2 N–H and O–H groups in total. The summed E-state index contributed by atoms with van der Waals surface area (Å²) in [5, 5.41) is 21.1. The summed E-state index contributed by atoms with van der Waals surface area (Å²) in [7, 11) is 0. The largest absolute Gasteiger partial charge is 0.508 e. The SMILES string of the molecule is C=C/C=C\C(=C/CC)CN(CCCCCc1cc(F)ccc1O)CC(O)C1CCc2cc(C)ccc2O1. The second kappa shape index (κ2) is 14.7. The Bertz CT molecular complexity index is 1080. The molecule has 200 valence electrons. The zero-order chi connectivity index (χ0) is 26.6. The third kappa shape index (κ3) is 9.17. The van der Waals surface area contributed by atoms with E-state index < -0.39 is 6.10 Å². The Balaban J connectivity index is 1.59. The van der Waals surface area contributed by atoms with Gasteiger partial charge in [0.05, 0.1) is 0 Å².